The molecule has 0 aliphatic carbocycles. The van der Waals surface area contributed by atoms with Gasteiger partial charge in [0.2, 0.25) is 5.16 Å². The van der Waals surface area contributed by atoms with E-state index in [1.165, 1.54) is 11.8 Å². The monoisotopic (exact) mass is 417 g/mol. The van der Waals surface area contributed by atoms with Crippen LogP contribution >= 0.6 is 11.8 Å². The normalized spacial score (nSPS) is 19.2. The Labute approximate surface area is 175 Å². The van der Waals surface area contributed by atoms with Gasteiger partial charge in [0.25, 0.3) is 5.91 Å². The van der Waals surface area contributed by atoms with Gasteiger partial charge in [-0.05, 0) is 74.6 Å². The van der Waals surface area contributed by atoms with E-state index in [-0.39, 0.29) is 30.4 Å². The topological polar surface area (TPSA) is 90.2 Å². The first kappa shape index (κ1) is 21.3. The smallest absolute Gasteiger partial charge is 0.316 e. The Balaban J connectivity index is 1.55. The van der Waals surface area contributed by atoms with Crippen LogP contribution < -0.4 is 0 Å². The molecule has 9 heteroatoms. The second-order valence-electron chi connectivity index (χ2n) is 7.54. The zero-order chi connectivity index (χ0) is 21.0. The van der Waals surface area contributed by atoms with Gasteiger partial charge in [0.15, 0.2) is 6.61 Å². The Morgan fingerprint density at radius 1 is 1.21 bits per heavy atom. The van der Waals surface area contributed by atoms with E-state index in [4.69, 9.17) is 4.74 Å². The van der Waals surface area contributed by atoms with Crippen LogP contribution in [0.25, 0.3) is 5.69 Å². The van der Waals surface area contributed by atoms with E-state index in [1.54, 1.807) is 4.68 Å². The van der Waals surface area contributed by atoms with Crippen LogP contribution in [0.3, 0.4) is 0 Å². The van der Waals surface area contributed by atoms with Crippen molar-refractivity contribution in [1.29, 1.82) is 0 Å². The lowest BCUT2D eigenvalue weighted by Crippen LogP contribution is -2.49. The number of tetrazole rings is 1. The number of hydrogen-bond donors (Lipinski definition) is 0. The van der Waals surface area contributed by atoms with Crippen molar-refractivity contribution in [3.63, 3.8) is 0 Å². The number of hydrogen-bond acceptors (Lipinski definition) is 7. The number of rotatable bonds is 6. The number of esters is 1. The molecule has 1 aliphatic heterocycles. The van der Waals surface area contributed by atoms with E-state index < -0.39 is 5.97 Å². The maximum Gasteiger partial charge on any atom is 0.316 e. The maximum atomic E-state index is 12.5. The minimum Gasteiger partial charge on any atom is -0.455 e. The summed E-state index contributed by atoms with van der Waals surface area (Å²) in [6.07, 6.45) is 3.10. The Kier molecular flexibility index (Phi) is 6.89. The number of carbonyl (C=O) groups excluding carboxylic acids is 2. The molecule has 2 atom stereocenters. The van der Waals surface area contributed by atoms with Crippen molar-refractivity contribution in [3.05, 3.63) is 29.3 Å². The summed E-state index contributed by atoms with van der Waals surface area (Å²) >= 11 is 1.19. The molecule has 0 bridgehead atoms. The summed E-state index contributed by atoms with van der Waals surface area (Å²) in [7, 11) is 0. The van der Waals surface area contributed by atoms with Gasteiger partial charge in [-0.25, -0.2) is 0 Å². The molecule has 2 heterocycles. The van der Waals surface area contributed by atoms with Crippen molar-refractivity contribution < 1.29 is 14.3 Å². The van der Waals surface area contributed by atoms with Gasteiger partial charge in [-0.15, -0.1) is 5.10 Å². The molecule has 2 aromatic rings. The third kappa shape index (κ3) is 5.14. The summed E-state index contributed by atoms with van der Waals surface area (Å²) in [5, 5.41) is 12.3. The predicted octanol–water partition coefficient (Wildman–Crippen LogP) is 2.70. The van der Waals surface area contributed by atoms with Gasteiger partial charge in [0.1, 0.15) is 0 Å². The first-order valence-electron chi connectivity index (χ1n) is 9.82. The summed E-state index contributed by atoms with van der Waals surface area (Å²) in [6.45, 7) is 7.83. The highest BCUT2D eigenvalue weighted by molar-refractivity contribution is 7.99. The summed E-state index contributed by atoms with van der Waals surface area (Å²) in [6, 6.07) is 6.38. The Morgan fingerprint density at radius 2 is 1.93 bits per heavy atom. The number of likely N-dealkylation sites (tertiary alicyclic amines) is 1. The molecule has 0 unspecified atom stereocenters. The number of aryl methyl sites for hydroxylation is 2. The first-order valence-corrected chi connectivity index (χ1v) is 10.8. The summed E-state index contributed by atoms with van der Waals surface area (Å²) in [4.78, 5) is 26.5. The zero-order valence-electron chi connectivity index (χ0n) is 17.3. The van der Waals surface area contributed by atoms with Crippen molar-refractivity contribution in [3.8, 4) is 5.69 Å². The fourth-order valence-electron chi connectivity index (χ4n) is 3.66. The Hall–Kier alpha value is -2.42. The Morgan fingerprint density at radius 3 is 2.66 bits per heavy atom. The minimum absolute atomic E-state index is 0.0314. The third-order valence-electron chi connectivity index (χ3n) is 5.19. The van der Waals surface area contributed by atoms with Crippen molar-refractivity contribution in [1.82, 2.24) is 25.1 Å². The number of carbonyl (C=O) groups is 2. The van der Waals surface area contributed by atoms with E-state index in [0.717, 1.165) is 36.1 Å². The van der Waals surface area contributed by atoms with Gasteiger partial charge in [-0.3, -0.25) is 9.59 Å². The highest BCUT2D eigenvalue weighted by Gasteiger charge is 2.29. The SMILES string of the molecule is Cc1ccc(C)c(-n2nnnc2SCC(=O)OCC(=O)N2[C@@H](C)CCC[C@@H]2C)c1. The first-order chi connectivity index (χ1) is 13.9. The molecule has 0 spiro atoms. The molecule has 8 nitrogen and oxygen atoms in total. The second-order valence-corrected chi connectivity index (χ2v) is 8.49. The Bertz CT molecular complexity index is 875. The molecule has 0 saturated carbocycles. The van der Waals surface area contributed by atoms with Gasteiger partial charge in [0.05, 0.1) is 11.4 Å². The second kappa shape index (κ2) is 9.39. The van der Waals surface area contributed by atoms with Gasteiger partial charge in [-0.1, -0.05) is 23.9 Å². The van der Waals surface area contributed by atoms with Crippen LogP contribution in [0.5, 0.6) is 0 Å². The average molecular weight is 418 g/mol. The summed E-state index contributed by atoms with van der Waals surface area (Å²) in [5.74, 6) is -0.566. The summed E-state index contributed by atoms with van der Waals surface area (Å²) in [5.41, 5.74) is 2.99. The number of ether oxygens (including phenoxy) is 1. The lowest BCUT2D eigenvalue weighted by molar-refractivity contribution is -0.153. The lowest BCUT2D eigenvalue weighted by atomic mass is 9.97. The molecule has 0 N–H and O–H groups in total. The maximum absolute atomic E-state index is 12.5. The predicted molar refractivity (Wildman–Crippen MR) is 110 cm³/mol. The van der Waals surface area contributed by atoms with Crippen molar-refractivity contribution >= 4 is 23.6 Å². The lowest BCUT2D eigenvalue weighted by Gasteiger charge is -2.38. The molecule has 1 amide bonds. The fourth-order valence-corrected chi connectivity index (χ4v) is 4.34. The highest BCUT2D eigenvalue weighted by atomic mass is 32.2. The van der Waals surface area contributed by atoms with E-state index in [0.29, 0.717) is 5.16 Å². The molecule has 29 heavy (non-hydrogen) atoms. The molecule has 1 aromatic heterocycles. The number of thioether (sulfide) groups is 1. The van der Waals surface area contributed by atoms with Crippen LogP contribution in [0.15, 0.2) is 23.4 Å². The molecule has 1 fully saturated rings. The van der Waals surface area contributed by atoms with Gasteiger partial charge in [-0.2, -0.15) is 4.68 Å². The molecule has 0 radical (unpaired) electrons. The van der Waals surface area contributed by atoms with Crippen LogP contribution in [0.1, 0.15) is 44.2 Å². The van der Waals surface area contributed by atoms with Gasteiger partial charge < -0.3 is 9.64 Å². The van der Waals surface area contributed by atoms with Crippen LogP contribution in [0.2, 0.25) is 0 Å². The molecule has 3 rings (SSSR count). The molecular formula is C20H27N5O3S. The van der Waals surface area contributed by atoms with Crippen molar-refractivity contribution in [2.75, 3.05) is 12.4 Å². The van der Waals surface area contributed by atoms with Gasteiger partial charge >= 0.3 is 5.97 Å². The molecular weight excluding hydrogens is 390 g/mol. The zero-order valence-corrected chi connectivity index (χ0v) is 18.1. The van der Waals surface area contributed by atoms with E-state index in [2.05, 4.69) is 15.5 Å². The summed E-state index contributed by atoms with van der Waals surface area (Å²) < 4.78 is 6.83. The van der Waals surface area contributed by atoms with Crippen LogP contribution in [0, 0.1) is 13.8 Å². The number of amides is 1. The fraction of sp³-hybridized carbons (Fsp3) is 0.550. The van der Waals surface area contributed by atoms with Crippen LogP contribution in [0.4, 0.5) is 0 Å². The standard InChI is InChI=1S/C20H27N5O3S/c1-13-8-9-14(2)17(10-13)25-20(21-22-23-25)29-12-19(27)28-11-18(26)24-15(3)6-5-7-16(24)4/h8-10,15-16H,5-7,11-12H2,1-4H3/t15-,16-/m0/s1. The van der Waals surface area contributed by atoms with Crippen LogP contribution in [-0.2, 0) is 14.3 Å². The number of nitrogens with zero attached hydrogens (tertiary/aromatic N) is 5. The van der Waals surface area contributed by atoms with E-state index >= 15 is 0 Å². The van der Waals surface area contributed by atoms with Gasteiger partial charge in [0, 0.05) is 12.1 Å². The molecule has 156 valence electrons. The number of benzene rings is 1. The van der Waals surface area contributed by atoms with Crippen LogP contribution in [-0.4, -0.2) is 61.4 Å². The largest absolute Gasteiger partial charge is 0.455 e. The average Bonchev–Trinajstić information content (AvgIpc) is 3.15. The molecule has 1 aliphatic rings. The van der Waals surface area contributed by atoms with Crippen molar-refractivity contribution in [2.45, 2.75) is 64.2 Å². The minimum atomic E-state index is -0.462. The number of piperidine rings is 1. The highest BCUT2D eigenvalue weighted by Crippen LogP contribution is 2.23. The third-order valence-corrected chi connectivity index (χ3v) is 6.08. The quantitative estimate of drug-likeness (QED) is 0.527. The van der Waals surface area contributed by atoms with E-state index in [1.807, 2.05) is 50.8 Å². The van der Waals surface area contributed by atoms with Crippen molar-refractivity contribution in [2.24, 2.45) is 0 Å². The van der Waals surface area contributed by atoms with E-state index in [9.17, 15) is 9.59 Å². The molecule has 1 saturated heterocycles. The molecule has 1 aromatic carbocycles. The number of aromatic nitrogens is 4.